The van der Waals surface area contributed by atoms with Crippen LogP contribution in [0.5, 0.6) is 0 Å². The molecule has 0 saturated carbocycles. The van der Waals surface area contributed by atoms with Crippen LogP contribution in [0.4, 0.5) is 11.4 Å². The first-order valence-corrected chi connectivity index (χ1v) is 10.0. The average Bonchev–Trinajstić information content (AvgIpc) is 3.14. The zero-order valence-electron chi connectivity index (χ0n) is 15.7. The molecular weight excluding hydrogens is 372 g/mol. The number of carbonyl (C=O) groups is 1. The molecule has 2 heterocycles. The van der Waals surface area contributed by atoms with Crippen LogP contribution in [-0.4, -0.2) is 41.8 Å². The molecule has 1 aliphatic heterocycles. The van der Waals surface area contributed by atoms with Gasteiger partial charge in [-0.1, -0.05) is 23.9 Å². The molecular formula is C21H22N4O2S. The lowest BCUT2D eigenvalue weighted by Crippen LogP contribution is -2.37. The predicted molar refractivity (Wildman–Crippen MR) is 111 cm³/mol. The molecule has 6 nitrogen and oxygen atoms in total. The van der Waals surface area contributed by atoms with E-state index in [4.69, 9.17) is 4.74 Å². The number of para-hydroxylation sites is 1. The number of benzene rings is 2. The largest absolute Gasteiger partial charge is 0.378 e. The highest BCUT2D eigenvalue weighted by atomic mass is 32.2. The van der Waals surface area contributed by atoms with Crippen LogP contribution in [0.3, 0.4) is 0 Å². The van der Waals surface area contributed by atoms with Crippen LogP contribution in [0, 0.1) is 0 Å². The summed E-state index contributed by atoms with van der Waals surface area (Å²) in [4.78, 5) is 20.5. The molecule has 0 bridgehead atoms. The smallest absolute Gasteiger partial charge is 0.257 e. The number of morpholine rings is 1. The van der Waals surface area contributed by atoms with E-state index in [1.54, 1.807) is 18.0 Å². The van der Waals surface area contributed by atoms with Crippen molar-refractivity contribution in [3.63, 3.8) is 0 Å². The Morgan fingerprint density at radius 1 is 1.11 bits per heavy atom. The van der Waals surface area contributed by atoms with E-state index in [-0.39, 0.29) is 5.91 Å². The van der Waals surface area contributed by atoms with Crippen LogP contribution in [0.25, 0.3) is 0 Å². The van der Waals surface area contributed by atoms with Gasteiger partial charge in [-0.3, -0.25) is 4.79 Å². The van der Waals surface area contributed by atoms with Crippen molar-refractivity contribution in [2.45, 2.75) is 10.1 Å². The molecule has 1 aliphatic rings. The van der Waals surface area contributed by atoms with Crippen LogP contribution < -0.4 is 10.2 Å². The van der Waals surface area contributed by atoms with E-state index in [1.807, 2.05) is 66.3 Å². The summed E-state index contributed by atoms with van der Waals surface area (Å²) < 4.78 is 7.40. The van der Waals surface area contributed by atoms with Gasteiger partial charge in [-0.2, -0.15) is 0 Å². The molecule has 28 heavy (non-hydrogen) atoms. The van der Waals surface area contributed by atoms with Crippen molar-refractivity contribution < 1.29 is 9.53 Å². The number of amides is 1. The van der Waals surface area contributed by atoms with Crippen molar-refractivity contribution in [3.8, 4) is 0 Å². The van der Waals surface area contributed by atoms with Gasteiger partial charge in [0.1, 0.15) is 0 Å². The number of imidazole rings is 1. The Bertz CT molecular complexity index is 949. The average molecular weight is 395 g/mol. The van der Waals surface area contributed by atoms with Gasteiger partial charge >= 0.3 is 0 Å². The molecule has 2 aromatic carbocycles. The van der Waals surface area contributed by atoms with Crippen molar-refractivity contribution in [1.29, 1.82) is 0 Å². The standard InChI is InChI=1S/C21H22N4O2S/c1-24-11-10-22-21(24)28-17-8-6-16(7-9-17)23-20(26)18-4-2-3-5-19(18)25-12-14-27-15-13-25/h2-11H,12-15H2,1H3,(H,23,26). The molecule has 4 rings (SSSR count). The Kier molecular flexibility index (Phi) is 5.64. The Morgan fingerprint density at radius 3 is 2.57 bits per heavy atom. The van der Waals surface area contributed by atoms with Crippen molar-refractivity contribution in [2.75, 3.05) is 36.5 Å². The maximum atomic E-state index is 12.9. The first kappa shape index (κ1) is 18.6. The first-order chi connectivity index (χ1) is 13.7. The number of anilines is 2. The minimum absolute atomic E-state index is 0.105. The van der Waals surface area contributed by atoms with Gasteiger partial charge in [0, 0.05) is 48.8 Å². The summed E-state index contributed by atoms with van der Waals surface area (Å²) in [6, 6.07) is 15.5. The maximum absolute atomic E-state index is 12.9. The maximum Gasteiger partial charge on any atom is 0.257 e. The number of carbonyl (C=O) groups excluding carboxylic acids is 1. The predicted octanol–water partition coefficient (Wildman–Crippen LogP) is 3.66. The van der Waals surface area contributed by atoms with E-state index in [0.717, 1.165) is 34.5 Å². The minimum Gasteiger partial charge on any atom is -0.378 e. The number of nitrogens with one attached hydrogen (secondary N) is 1. The van der Waals surface area contributed by atoms with Crippen LogP contribution in [0.1, 0.15) is 10.4 Å². The van der Waals surface area contributed by atoms with Crippen molar-refractivity contribution in [3.05, 3.63) is 66.5 Å². The lowest BCUT2D eigenvalue weighted by atomic mass is 10.1. The zero-order chi connectivity index (χ0) is 19.3. The molecule has 0 atom stereocenters. The molecule has 1 fully saturated rings. The van der Waals surface area contributed by atoms with Crippen LogP contribution >= 0.6 is 11.8 Å². The summed E-state index contributed by atoms with van der Waals surface area (Å²) in [5.41, 5.74) is 2.40. The van der Waals surface area contributed by atoms with E-state index >= 15 is 0 Å². The van der Waals surface area contributed by atoms with E-state index < -0.39 is 0 Å². The van der Waals surface area contributed by atoms with Gasteiger partial charge in [-0.15, -0.1) is 0 Å². The number of hydrogen-bond donors (Lipinski definition) is 1. The molecule has 3 aromatic rings. The second-order valence-corrected chi connectivity index (χ2v) is 7.56. The first-order valence-electron chi connectivity index (χ1n) is 9.19. The SMILES string of the molecule is Cn1ccnc1Sc1ccc(NC(=O)c2ccccc2N2CCOCC2)cc1. The molecule has 1 amide bonds. The quantitative estimate of drug-likeness (QED) is 0.716. The molecule has 0 unspecified atom stereocenters. The second kappa shape index (κ2) is 8.50. The number of rotatable bonds is 5. The van der Waals surface area contributed by atoms with Gasteiger partial charge < -0.3 is 19.5 Å². The highest BCUT2D eigenvalue weighted by Gasteiger charge is 2.18. The van der Waals surface area contributed by atoms with Gasteiger partial charge in [0.25, 0.3) is 5.91 Å². The number of aromatic nitrogens is 2. The Labute approximate surface area is 168 Å². The Balaban J connectivity index is 1.46. The number of ether oxygens (including phenoxy) is 1. The monoisotopic (exact) mass is 394 g/mol. The third-order valence-electron chi connectivity index (χ3n) is 4.60. The van der Waals surface area contributed by atoms with Gasteiger partial charge in [0.05, 0.1) is 18.8 Å². The topological polar surface area (TPSA) is 59.4 Å². The number of nitrogens with zero attached hydrogens (tertiary/aromatic N) is 3. The lowest BCUT2D eigenvalue weighted by Gasteiger charge is -2.30. The van der Waals surface area contributed by atoms with Crippen molar-refractivity contribution in [2.24, 2.45) is 7.05 Å². The zero-order valence-corrected chi connectivity index (χ0v) is 16.5. The summed E-state index contributed by atoms with van der Waals surface area (Å²) in [7, 11) is 1.97. The Morgan fingerprint density at radius 2 is 1.86 bits per heavy atom. The van der Waals surface area contributed by atoms with Gasteiger partial charge in [0.2, 0.25) is 0 Å². The Hall–Kier alpha value is -2.77. The molecule has 144 valence electrons. The molecule has 0 spiro atoms. The van der Waals surface area contributed by atoms with E-state index in [2.05, 4.69) is 15.2 Å². The van der Waals surface area contributed by atoms with Gasteiger partial charge in [-0.05, 0) is 36.4 Å². The summed E-state index contributed by atoms with van der Waals surface area (Å²) >= 11 is 1.59. The molecule has 1 N–H and O–H groups in total. The molecule has 1 aromatic heterocycles. The highest BCUT2D eigenvalue weighted by Crippen LogP contribution is 2.27. The van der Waals surface area contributed by atoms with E-state index in [0.29, 0.717) is 18.8 Å². The second-order valence-electron chi connectivity index (χ2n) is 6.52. The van der Waals surface area contributed by atoms with Crippen molar-refractivity contribution >= 4 is 29.0 Å². The summed E-state index contributed by atoms with van der Waals surface area (Å²) in [6.45, 7) is 2.96. The van der Waals surface area contributed by atoms with Gasteiger partial charge in [0.15, 0.2) is 5.16 Å². The third kappa shape index (κ3) is 4.21. The van der Waals surface area contributed by atoms with Gasteiger partial charge in [-0.25, -0.2) is 4.98 Å². The van der Waals surface area contributed by atoms with E-state index in [1.165, 1.54) is 0 Å². The normalized spacial score (nSPS) is 14.1. The fourth-order valence-corrected chi connectivity index (χ4v) is 3.91. The summed E-state index contributed by atoms with van der Waals surface area (Å²) in [6.07, 6.45) is 3.70. The highest BCUT2D eigenvalue weighted by molar-refractivity contribution is 7.99. The summed E-state index contributed by atoms with van der Waals surface area (Å²) in [5, 5.41) is 3.94. The van der Waals surface area contributed by atoms with E-state index in [9.17, 15) is 4.79 Å². The van der Waals surface area contributed by atoms with Crippen LogP contribution in [0.2, 0.25) is 0 Å². The molecule has 7 heteroatoms. The minimum atomic E-state index is -0.105. The van der Waals surface area contributed by atoms with Crippen molar-refractivity contribution in [1.82, 2.24) is 9.55 Å². The molecule has 0 radical (unpaired) electrons. The lowest BCUT2D eigenvalue weighted by molar-refractivity contribution is 0.102. The fourth-order valence-electron chi connectivity index (χ4n) is 3.11. The molecule has 1 saturated heterocycles. The van der Waals surface area contributed by atoms with Crippen LogP contribution in [0.15, 0.2) is 71.0 Å². The molecule has 0 aliphatic carbocycles. The number of hydrogen-bond acceptors (Lipinski definition) is 5. The number of aryl methyl sites for hydroxylation is 1. The summed E-state index contributed by atoms with van der Waals surface area (Å²) in [5.74, 6) is -0.105. The fraction of sp³-hybridized carbons (Fsp3) is 0.238. The third-order valence-corrected chi connectivity index (χ3v) is 5.68. The van der Waals surface area contributed by atoms with Crippen LogP contribution in [-0.2, 0) is 11.8 Å².